The number of carboxylic acids is 1. The van der Waals surface area contributed by atoms with Crippen molar-refractivity contribution in [3.05, 3.63) is 29.3 Å². The summed E-state index contributed by atoms with van der Waals surface area (Å²) in [7, 11) is 1.38. The van der Waals surface area contributed by atoms with E-state index in [4.69, 9.17) is 5.11 Å². The number of rotatable bonds is 4. The molecule has 1 aromatic carbocycles. The average molecular weight is 302 g/mol. The molecule has 116 valence electrons. The van der Waals surface area contributed by atoms with Gasteiger partial charge in [0.25, 0.3) is 0 Å². The van der Waals surface area contributed by atoms with Gasteiger partial charge in [0.05, 0.1) is 23.4 Å². The summed E-state index contributed by atoms with van der Waals surface area (Å²) in [5.74, 6) is -4.11. The van der Waals surface area contributed by atoms with Crippen LogP contribution in [-0.2, 0) is 0 Å². The number of aliphatic hydroxyl groups excluding tert-OH is 1. The highest BCUT2D eigenvalue weighted by Crippen LogP contribution is 2.21. The second kappa shape index (κ2) is 6.04. The van der Waals surface area contributed by atoms with E-state index in [0.29, 0.717) is 12.1 Å². The van der Waals surface area contributed by atoms with Crippen LogP contribution in [-0.4, -0.2) is 46.3 Å². The molecule has 0 aliphatic carbocycles. The van der Waals surface area contributed by atoms with E-state index in [9.17, 15) is 23.5 Å². The average Bonchev–Trinajstić information content (AvgIpc) is 2.41. The summed E-state index contributed by atoms with van der Waals surface area (Å²) < 4.78 is 26.3. The number of carbonyl (C=O) groups is 2. The largest absolute Gasteiger partial charge is 0.478 e. The Bertz CT molecular complexity index is 576. The van der Waals surface area contributed by atoms with Crippen molar-refractivity contribution in [3.63, 3.8) is 0 Å². The Morgan fingerprint density at radius 3 is 2.29 bits per heavy atom. The summed E-state index contributed by atoms with van der Waals surface area (Å²) in [5, 5.41) is 20.3. The van der Waals surface area contributed by atoms with Gasteiger partial charge in [-0.15, -0.1) is 0 Å². The fourth-order valence-corrected chi connectivity index (χ4v) is 1.41. The molecule has 0 heterocycles. The van der Waals surface area contributed by atoms with Crippen LogP contribution in [0.1, 0.15) is 24.2 Å². The summed E-state index contributed by atoms with van der Waals surface area (Å²) in [5.41, 5.74) is -1.85. The molecule has 1 rings (SSSR count). The van der Waals surface area contributed by atoms with Crippen molar-refractivity contribution in [1.82, 2.24) is 4.90 Å². The standard InChI is InChI=1S/C13H16F2N2O4/c1-13(2,6-18)17(3)12(21)16-10-5-9(15)8(14)4-7(10)11(19)20/h4-5,18H,6H2,1-3H3,(H,16,21)(H,19,20). The zero-order valence-electron chi connectivity index (χ0n) is 11.8. The minimum atomic E-state index is -1.51. The highest BCUT2D eigenvalue weighted by Gasteiger charge is 2.28. The maximum Gasteiger partial charge on any atom is 0.337 e. The Balaban J connectivity index is 3.10. The first-order valence-electron chi connectivity index (χ1n) is 5.98. The molecule has 0 saturated heterocycles. The first-order valence-corrected chi connectivity index (χ1v) is 5.98. The minimum Gasteiger partial charge on any atom is -0.478 e. The van der Waals surface area contributed by atoms with Gasteiger partial charge in [0.15, 0.2) is 11.6 Å². The van der Waals surface area contributed by atoms with E-state index >= 15 is 0 Å². The normalized spacial score (nSPS) is 11.1. The number of aliphatic hydroxyl groups is 1. The Kier molecular flexibility index (Phi) is 4.84. The van der Waals surface area contributed by atoms with Gasteiger partial charge in [0.2, 0.25) is 0 Å². The Morgan fingerprint density at radius 1 is 1.29 bits per heavy atom. The Hall–Kier alpha value is -2.22. The number of nitrogens with one attached hydrogen (secondary N) is 1. The van der Waals surface area contributed by atoms with Gasteiger partial charge in [-0.3, -0.25) is 0 Å². The lowest BCUT2D eigenvalue weighted by Crippen LogP contribution is -2.49. The van der Waals surface area contributed by atoms with E-state index in [0.717, 1.165) is 4.90 Å². The van der Waals surface area contributed by atoms with Crippen LogP contribution >= 0.6 is 0 Å². The SMILES string of the molecule is CN(C(=O)Nc1cc(F)c(F)cc1C(=O)O)C(C)(C)CO. The number of aromatic carboxylic acids is 1. The number of benzene rings is 1. The minimum absolute atomic E-state index is 0.333. The topological polar surface area (TPSA) is 89.9 Å². The van der Waals surface area contributed by atoms with Gasteiger partial charge in [-0.05, 0) is 19.9 Å². The van der Waals surface area contributed by atoms with Crippen LogP contribution in [0.2, 0.25) is 0 Å². The smallest absolute Gasteiger partial charge is 0.337 e. The van der Waals surface area contributed by atoms with Crippen molar-refractivity contribution in [3.8, 4) is 0 Å². The summed E-state index contributed by atoms with van der Waals surface area (Å²) in [6.07, 6.45) is 0. The van der Waals surface area contributed by atoms with Gasteiger partial charge >= 0.3 is 12.0 Å². The predicted octanol–water partition coefficient (Wildman–Crippen LogP) is 1.90. The van der Waals surface area contributed by atoms with Crippen molar-refractivity contribution in [2.24, 2.45) is 0 Å². The predicted molar refractivity (Wildman–Crippen MR) is 71.3 cm³/mol. The third-order valence-corrected chi connectivity index (χ3v) is 3.13. The number of nitrogens with zero attached hydrogens (tertiary/aromatic N) is 1. The van der Waals surface area contributed by atoms with Gasteiger partial charge in [-0.25, -0.2) is 18.4 Å². The molecule has 0 aliphatic heterocycles. The van der Waals surface area contributed by atoms with Crippen molar-refractivity contribution >= 4 is 17.7 Å². The maximum absolute atomic E-state index is 13.2. The molecule has 1 aromatic rings. The lowest BCUT2D eigenvalue weighted by Gasteiger charge is -2.33. The summed E-state index contributed by atoms with van der Waals surface area (Å²) in [4.78, 5) is 24.1. The monoisotopic (exact) mass is 302 g/mol. The van der Waals surface area contributed by atoms with Crippen molar-refractivity contribution in [2.45, 2.75) is 19.4 Å². The highest BCUT2D eigenvalue weighted by molar-refractivity contribution is 6.00. The molecule has 3 N–H and O–H groups in total. The Labute approximate surface area is 120 Å². The van der Waals surface area contributed by atoms with Crippen molar-refractivity contribution in [1.29, 1.82) is 0 Å². The zero-order chi connectivity index (χ0) is 16.4. The number of urea groups is 1. The van der Waals surface area contributed by atoms with E-state index in [1.807, 2.05) is 0 Å². The van der Waals surface area contributed by atoms with E-state index in [1.165, 1.54) is 7.05 Å². The molecular weight excluding hydrogens is 286 g/mol. The van der Waals surface area contributed by atoms with Crippen LogP contribution in [0, 0.1) is 11.6 Å². The number of carbonyl (C=O) groups excluding carboxylic acids is 1. The molecule has 6 nitrogen and oxygen atoms in total. The molecule has 0 saturated carbocycles. The van der Waals surface area contributed by atoms with Crippen LogP contribution in [0.25, 0.3) is 0 Å². The summed E-state index contributed by atoms with van der Waals surface area (Å²) >= 11 is 0. The molecule has 0 bridgehead atoms. The molecule has 0 fully saturated rings. The lowest BCUT2D eigenvalue weighted by molar-refractivity contribution is 0.0697. The molecule has 0 aliphatic rings. The van der Waals surface area contributed by atoms with E-state index in [1.54, 1.807) is 13.8 Å². The number of hydrogen-bond donors (Lipinski definition) is 3. The number of hydrogen-bond acceptors (Lipinski definition) is 3. The van der Waals surface area contributed by atoms with E-state index in [-0.39, 0.29) is 12.3 Å². The van der Waals surface area contributed by atoms with Crippen molar-refractivity contribution in [2.75, 3.05) is 19.0 Å². The van der Waals surface area contributed by atoms with Gasteiger partial charge < -0.3 is 20.4 Å². The van der Waals surface area contributed by atoms with Crippen molar-refractivity contribution < 1.29 is 28.6 Å². The highest BCUT2D eigenvalue weighted by atomic mass is 19.2. The molecule has 21 heavy (non-hydrogen) atoms. The Morgan fingerprint density at radius 2 is 1.81 bits per heavy atom. The number of likely N-dealkylation sites (N-methyl/N-ethyl adjacent to an activating group) is 1. The lowest BCUT2D eigenvalue weighted by atomic mass is 10.1. The molecular formula is C13H16F2N2O4. The number of halogens is 2. The molecule has 0 aromatic heterocycles. The fourth-order valence-electron chi connectivity index (χ4n) is 1.41. The molecule has 0 radical (unpaired) electrons. The number of amides is 2. The van der Waals surface area contributed by atoms with Crippen LogP contribution in [0.15, 0.2) is 12.1 Å². The molecule has 8 heteroatoms. The summed E-state index contributed by atoms with van der Waals surface area (Å²) in [6.45, 7) is 2.83. The number of carboxylic acid groups (broad SMARTS) is 1. The number of anilines is 1. The molecule has 2 amide bonds. The summed E-state index contributed by atoms with van der Waals surface area (Å²) in [6, 6.07) is 0.323. The first kappa shape index (κ1) is 16.8. The van der Waals surface area contributed by atoms with E-state index in [2.05, 4.69) is 5.32 Å². The van der Waals surface area contributed by atoms with Gasteiger partial charge in [-0.1, -0.05) is 0 Å². The van der Waals surface area contributed by atoms with E-state index < -0.39 is 34.7 Å². The second-order valence-electron chi connectivity index (χ2n) is 5.08. The zero-order valence-corrected chi connectivity index (χ0v) is 11.8. The quantitative estimate of drug-likeness (QED) is 0.792. The fraction of sp³-hybridized carbons (Fsp3) is 0.385. The third-order valence-electron chi connectivity index (χ3n) is 3.13. The third kappa shape index (κ3) is 3.66. The van der Waals surface area contributed by atoms with Gasteiger partial charge in [0.1, 0.15) is 0 Å². The van der Waals surface area contributed by atoms with Crippen LogP contribution in [0.3, 0.4) is 0 Å². The van der Waals surface area contributed by atoms with Gasteiger partial charge in [-0.2, -0.15) is 0 Å². The van der Waals surface area contributed by atoms with Crippen LogP contribution in [0.5, 0.6) is 0 Å². The first-order chi connectivity index (χ1) is 9.60. The molecule has 0 atom stereocenters. The second-order valence-corrected chi connectivity index (χ2v) is 5.08. The molecule has 0 spiro atoms. The molecule has 0 unspecified atom stereocenters. The van der Waals surface area contributed by atoms with Crippen LogP contribution in [0.4, 0.5) is 19.3 Å². The van der Waals surface area contributed by atoms with Gasteiger partial charge in [0, 0.05) is 13.1 Å². The maximum atomic E-state index is 13.2. The van der Waals surface area contributed by atoms with Crippen LogP contribution < -0.4 is 5.32 Å².